The Bertz CT molecular complexity index is 1070. The van der Waals surface area contributed by atoms with Crippen LogP contribution in [0.3, 0.4) is 0 Å². The van der Waals surface area contributed by atoms with Gasteiger partial charge in [-0.05, 0) is 26.7 Å². The van der Waals surface area contributed by atoms with Gasteiger partial charge in [-0.1, -0.05) is 6.92 Å². The van der Waals surface area contributed by atoms with E-state index < -0.39 is 6.04 Å². The Morgan fingerprint density at radius 3 is 2.68 bits per heavy atom. The van der Waals surface area contributed by atoms with E-state index in [9.17, 15) is 4.79 Å². The molecule has 0 spiro atoms. The normalized spacial score (nSPS) is 17.3. The molecule has 1 fully saturated rings. The molecular formula is C21H28N8O2. The van der Waals surface area contributed by atoms with Crippen molar-refractivity contribution >= 4 is 22.9 Å². The molecule has 4 heterocycles. The van der Waals surface area contributed by atoms with Gasteiger partial charge in [0.2, 0.25) is 5.91 Å². The summed E-state index contributed by atoms with van der Waals surface area (Å²) in [6.45, 7) is 7.87. The Kier molecular flexibility index (Phi) is 6.08. The number of imidazole rings is 1. The van der Waals surface area contributed by atoms with E-state index in [-0.39, 0.29) is 12.0 Å². The SMILES string of the molecule is CC[C@@H](Nc1ncnc2c1nc(-c1cnc(C)nc1)n2CC)C(=O)N1CC[C@H](OC)C1. The zero-order chi connectivity index (χ0) is 22.0. The van der Waals surface area contributed by atoms with Crippen molar-refractivity contribution in [1.29, 1.82) is 0 Å². The van der Waals surface area contributed by atoms with E-state index >= 15 is 0 Å². The zero-order valence-corrected chi connectivity index (χ0v) is 18.4. The van der Waals surface area contributed by atoms with Gasteiger partial charge in [0.25, 0.3) is 0 Å². The lowest BCUT2D eigenvalue weighted by Gasteiger charge is -2.23. The molecule has 1 aliphatic rings. The molecule has 0 aromatic carbocycles. The Labute approximate surface area is 181 Å². The lowest BCUT2D eigenvalue weighted by atomic mass is 10.2. The van der Waals surface area contributed by atoms with Crippen molar-refractivity contribution in [3.63, 3.8) is 0 Å². The van der Waals surface area contributed by atoms with E-state index in [1.807, 2.05) is 30.2 Å². The van der Waals surface area contributed by atoms with Crippen LogP contribution in [0, 0.1) is 6.92 Å². The minimum Gasteiger partial charge on any atom is -0.380 e. The molecule has 3 aromatic rings. The average molecular weight is 425 g/mol. The van der Waals surface area contributed by atoms with Crippen LogP contribution in [-0.2, 0) is 16.1 Å². The first-order valence-corrected chi connectivity index (χ1v) is 10.6. The summed E-state index contributed by atoms with van der Waals surface area (Å²) in [6.07, 6.45) is 6.61. The molecule has 0 aliphatic carbocycles. The van der Waals surface area contributed by atoms with Crippen LogP contribution in [0.2, 0.25) is 0 Å². The first kappa shape index (κ1) is 21.1. The van der Waals surface area contributed by atoms with Crippen molar-refractivity contribution in [2.24, 2.45) is 0 Å². The highest BCUT2D eigenvalue weighted by atomic mass is 16.5. The Morgan fingerprint density at radius 1 is 1.26 bits per heavy atom. The van der Waals surface area contributed by atoms with Gasteiger partial charge in [-0.2, -0.15) is 0 Å². The molecule has 4 rings (SSSR count). The van der Waals surface area contributed by atoms with E-state index in [4.69, 9.17) is 9.72 Å². The van der Waals surface area contributed by atoms with Gasteiger partial charge in [0.05, 0.1) is 11.7 Å². The molecule has 10 nitrogen and oxygen atoms in total. The van der Waals surface area contributed by atoms with Gasteiger partial charge < -0.3 is 19.5 Å². The summed E-state index contributed by atoms with van der Waals surface area (Å²) in [5.74, 6) is 2.03. The van der Waals surface area contributed by atoms with Crippen LogP contribution < -0.4 is 5.32 Å². The van der Waals surface area contributed by atoms with Crippen molar-refractivity contribution in [3.8, 4) is 11.4 Å². The molecule has 0 radical (unpaired) electrons. The number of nitrogens with one attached hydrogen (secondary N) is 1. The molecule has 1 amide bonds. The number of fused-ring (bicyclic) bond motifs is 1. The number of carbonyl (C=O) groups excluding carboxylic acids is 1. The molecule has 10 heteroatoms. The molecular weight excluding hydrogens is 396 g/mol. The van der Waals surface area contributed by atoms with Crippen LogP contribution in [0.4, 0.5) is 5.82 Å². The van der Waals surface area contributed by atoms with E-state index in [2.05, 4.69) is 25.3 Å². The number of hydrogen-bond acceptors (Lipinski definition) is 8. The fourth-order valence-electron chi connectivity index (χ4n) is 3.91. The van der Waals surface area contributed by atoms with Gasteiger partial charge in [-0.25, -0.2) is 24.9 Å². The number of methoxy groups -OCH3 is 1. The quantitative estimate of drug-likeness (QED) is 0.613. The van der Waals surface area contributed by atoms with Crippen LogP contribution in [-0.4, -0.2) is 72.6 Å². The zero-order valence-electron chi connectivity index (χ0n) is 18.4. The van der Waals surface area contributed by atoms with Crippen molar-refractivity contribution in [2.75, 3.05) is 25.5 Å². The van der Waals surface area contributed by atoms with E-state index in [0.717, 1.165) is 17.8 Å². The molecule has 0 unspecified atom stereocenters. The number of rotatable bonds is 7. The highest BCUT2D eigenvalue weighted by Crippen LogP contribution is 2.27. The van der Waals surface area contributed by atoms with Crippen LogP contribution >= 0.6 is 0 Å². The van der Waals surface area contributed by atoms with E-state index in [0.29, 0.717) is 48.9 Å². The summed E-state index contributed by atoms with van der Waals surface area (Å²) in [5.41, 5.74) is 2.14. The molecule has 1 saturated heterocycles. The van der Waals surface area contributed by atoms with E-state index in [1.165, 1.54) is 6.33 Å². The van der Waals surface area contributed by atoms with Crippen molar-refractivity contribution < 1.29 is 9.53 Å². The largest absolute Gasteiger partial charge is 0.380 e. The van der Waals surface area contributed by atoms with Gasteiger partial charge in [0.15, 0.2) is 17.0 Å². The van der Waals surface area contributed by atoms with Crippen molar-refractivity contribution in [2.45, 2.75) is 52.3 Å². The Balaban J connectivity index is 1.66. The summed E-state index contributed by atoms with van der Waals surface area (Å²) >= 11 is 0. The molecule has 0 saturated carbocycles. The summed E-state index contributed by atoms with van der Waals surface area (Å²) in [7, 11) is 1.69. The third-order valence-corrected chi connectivity index (χ3v) is 5.69. The first-order valence-electron chi connectivity index (χ1n) is 10.6. The average Bonchev–Trinajstić information content (AvgIpc) is 3.42. The van der Waals surface area contributed by atoms with Crippen molar-refractivity contribution in [3.05, 3.63) is 24.5 Å². The predicted molar refractivity (Wildman–Crippen MR) is 116 cm³/mol. The van der Waals surface area contributed by atoms with E-state index in [1.54, 1.807) is 19.5 Å². The molecule has 1 aliphatic heterocycles. The van der Waals surface area contributed by atoms with Crippen LogP contribution in [0.1, 0.15) is 32.5 Å². The summed E-state index contributed by atoms with van der Waals surface area (Å²) in [4.78, 5) is 37.2. The highest BCUT2D eigenvalue weighted by molar-refractivity contribution is 5.90. The fourth-order valence-corrected chi connectivity index (χ4v) is 3.91. The lowest BCUT2D eigenvalue weighted by molar-refractivity contribution is -0.131. The maximum Gasteiger partial charge on any atom is 0.245 e. The molecule has 164 valence electrons. The van der Waals surface area contributed by atoms with Gasteiger partial charge in [0, 0.05) is 39.1 Å². The van der Waals surface area contributed by atoms with Gasteiger partial charge in [-0.3, -0.25) is 4.79 Å². The molecule has 31 heavy (non-hydrogen) atoms. The number of nitrogens with zero attached hydrogens (tertiary/aromatic N) is 7. The number of amides is 1. The summed E-state index contributed by atoms with van der Waals surface area (Å²) < 4.78 is 7.40. The Hall–Kier alpha value is -3.14. The second-order valence-corrected chi connectivity index (χ2v) is 7.63. The maximum absolute atomic E-state index is 13.1. The number of anilines is 1. The van der Waals surface area contributed by atoms with Crippen LogP contribution in [0.5, 0.6) is 0 Å². The fraction of sp³-hybridized carbons (Fsp3) is 0.524. The second kappa shape index (κ2) is 8.93. The third kappa shape index (κ3) is 4.07. The summed E-state index contributed by atoms with van der Waals surface area (Å²) in [5, 5.41) is 3.32. The molecule has 0 bridgehead atoms. The third-order valence-electron chi connectivity index (χ3n) is 5.69. The standard InChI is InChI=1S/C21H28N8O2/c1-5-16(21(30)28-8-7-15(11-28)31-4)26-18-17-20(25-12-24-18)29(6-2)19(27-17)14-9-22-13(3)23-10-14/h9-10,12,15-16H,5-8,11H2,1-4H3,(H,24,25,26)/t15-,16+/m0/s1. The van der Waals surface area contributed by atoms with Gasteiger partial charge in [0.1, 0.15) is 24.0 Å². The minimum absolute atomic E-state index is 0.0518. The summed E-state index contributed by atoms with van der Waals surface area (Å²) in [6, 6.07) is -0.397. The van der Waals surface area contributed by atoms with Crippen molar-refractivity contribution in [1.82, 2.24) is 34.4 Å². The molecule has 1 N–H and O–H groups in total. The monoisotopic (exact) mass is 424 g/mol. The smallest absolute Gasteiger partial charge is 0.245 e. The number of aromatic nitrogens is 6. The lowest BCUT2D eigenvalue weighted by Crippen LogP contribution is -2.42. The number of ether oxygens (including phenoxy) is 1. The highest BCUT2D eigenvalue weighted by Gasteiger charge is 2.31. The number of carbonyl (C=O) groups is 1. The van der Waals surface area contributed by atoms with Gasteiger partial charge in [-0.15, -0.1) is 0 Å². The topological polar surface area (TPSA) is 111 Å². The second-order valence-electron chi connectivity index (χ2n) is 7.63. The Morgan fingerprint density at radius 2 is 2.03 bits per heavy atom. The van der Waals surface area contributed by atoms with Gasteiger partial charge >= 0.3 is 0 Å². The molecule has 3 aromatic heterocycles. The van der Waals surface area contributed by atoms with Crippen LogP contribution in [0.15, 0.2) is 18.7 Å². The first-order chi connectivity index (χ1) is 15.0. The number of hydrogen-bond donors (Lipinski definition) is 1. The predicted octanol–water partition coefficient (Wildman–Crippen LogP) is 2.05. The number of aryl methyl sites for hydroxylation is 2. The maximum atomic E-state index is 13.1. The molecule has 2 atom stereocenters. The van der Waals surface area contributed by atoms with Crippen LogP contribution in [0.25, 0.3) is 22.6 Å². The number of likely N-dealkylation sites (tertiary alicyclic amines) is 1. The minimum atomic E-state index is -0.397.